The first-order chi connectivity index (χ1) is 19.3. The Morgan fingerprint density at radius 3 is 2.30 bits per heavy atom. The van der Waals surface area contributed by atoms with Gasteiger partial charge in [-0.15, -0.1) is 10.2 Å². The largest absolute Gasteiger partial charge is 0.497 e. The number of hydrogen-bond donors (Lipinski definition) is 0. The molecule has 4 rings (SSSR count). The van der Waals surface area contributed by atoms with Gasteiger partial charge in [-0.2, -0.15) is 0 Å². The Morgan fingerprint density at radius 2 is 1.70 bits per heavy atom. The summed E-state index contributed by atoms with van der Waals surface area (Å²) in [6.45, 7) is 6.76. The molecule has 9 nitrogen and oxygen atoms in total. The lowest BCUT2D eigenvalue weighted by atomic mass is 10.1. The summed E-state index contributed by atoms with van der Waals surface area (Å²) in [6.07, 6.45) is 0.880. The highest BCUT2D eigenvalue weighted by molar-refractivity contribution is 5.96. The Hall–Kier alpha value is -4.21. The van der Waals surface area contributed by atoms with E-state index in [1.165, 1.54) is 24.3 Å². The van der Waals surface area contributed by atoms with Crippen molar-refractivity contribution in [3.8, 4) is 22.8 Å². The molecule has 10 heteroatoms. The molecular weight excluding hydrogens is 513 g/mol. The fraction of sp³-hybridized carbons (Fsp3) is 0.400. The van der Waals surface area contributed by atoms with Gasteiger partial charge in [-0.05, 0) is 54.4 Å². The highest BCUT2D eigenvalue weighted by atomic mass is 19.1. The molecule has 1 atom stereocenters. The standard InChI is InChI=1S/C30H36FN5O4/c1-5-21(2)19-36(30(38)22-6-8-23(31)9-7-22)20-29(37)35-16-14-34(15-17-35)28-13-12-26(32-33-28)25-11-10-24(39-3)18-27(25)40-4/h6-13,18,21H,5,14-17,19-20H2,1-4H3. The van der Waals surface area contributed by atoms with Gasteiger partial charge in [-0.25, -0.2) is 4.39 Å². The number of ether oxygens (including phenoxy) is 2. The molecule has 2 aromatic carbocycles. The second kappa shape index (κ2) is 13.2. The Balaban J connectivity index is 1.37. The number of benzene rings is 2. The summed E-state index contributed by atoms with van der Waals surface area (Å²) in [5.41, 5.74) is 1.87. The predicted octanol–water partition coefficient (Wildman–Crippen LogP) is 4.14. The molecule has 0 saturated carbocycles. The molecule has 3 aromatic rings. The van der Waals surface area contributed by atoms with Crippen LogP contribution in [0.15, 0.2) is 54.6 Å². The van der Waals surface area contributed by atoms with Crippen LogP contribution in [0, 0.1) is 11.7 Å². The SMILES string of the molecule is CCC(C)CN(CC(=O)N1CCN(c2ccc(-c3ccc(OC)cc3OC)nn2)CC1)C(=O)c1ccc(F)cc1. The smallest absolute Gasteiger partial charge is 0.254 e. The number of hydrogen-bond acceptors (Lipinski definition) is 7. The van der Waals surface area contributed by atoms with Crippen LogP contribution in [0.4, 0.5) is 10.2 Å². The minimum absolute atomic E-state index is 0.0151. The second-order valence-corrected chi connectivity index (χ2v) is 9.92. The highest BCUT2D eigenvalue weighted by Gasteiger charge is 2.27. The molecule has 1 aromatic heterocycles. The molecule has 0 spiro atoms. The molecule has 1 fully saturated rings. The van der Waals surface area contributed by atoms with Crippen molar-refractivity contribution in [3.63, 3.8) is 0 Å². The molecule has 2 heterocycles. The van der Waals surface area contributed by atoms with E-state index in [9.17, 15) is 14.0 Å². The van der Waals surface area contributed by atoms with Crippen molar-refractivity contribution in [1.29, 1.82) is 0 Å². The second-order valence-electron chi connectivity index (χ2n) is 9.92. The first kappa shape index (κ1) is 28.8. The van der Waals surface area contributed by atoms with Crippen LogP contribution in [-0.2, 0) is 4.79 Å². The van der Waals surface area contributed by atoms with Crippen molar-refractivity contribution < 1.29 is 23.5 Å². The minimum Gasteiger partial charge on any atom is -0.497 e. The van der Waals surface area contributed by atoms with Gasteiger partial charge >= 0.3 is 0 Å². The summed E-state index contributed by atoms with van der Waals surface area (Å²) in [4.78, 5) is 31.8. The summed E-state index contributed by atoms with van der Waals surface area (Å²) in [5.74, 6) is 1.53. The van der Waals surface area contributed by atoms with E-state index in [2.05, 4.69) is 22.0 Å². The van der Waals surface area contributed by atoms with Gasteiger partial charge in [0.05, 0.1) is 19.9 Å². The third kappa shape index (κ3) is 6.86. The normalized spacial score (nSPS) is 14.0. The number of halogens is 1. The number of aromatic nitrogens is 2. The van der Waals surface area contributed by atoms with E-state index in [-0.39, 0.29) is 24.3 Å². The molecule has 40 heavy (non-hydrogen) atoms. The zero-order valence-corrected chi connectivity index (χ0v) is 23.5. The van der Waals surface area contributed by atoms with Crippen LogP contribution in [0.2, 0.25) is 0 Å². The molecule has 0 bridgehead atoms. The van der Waals surface area contributed by atoms with Gasteiger partial charge in [-0.3, -0.25) is 9.59 Å². The molecule has 0 radical (unpaired) electrons. The number of rotatable bonds is 10. The fourth-order valence-corrected chi connectivity index (χ4v) is 4.60. The van der Waals surface area contributed by atoms with Gasteiger partial charge in [-0.1, -0.05) is 20.3 Å². The zero-order valence-electron chi connectivity index (χ0n) is 23.5. The Morgan fingerprint density at radius 1 is 0.975 bits per heavy atom. The number of carbonyl (C=O) groups excluding carboxylic acids is 2. The Labute approximate surface area is 234 Å². The number of amides is 2. The van der Waals surface area contributed by atoms with Crippen molar-refractivity contribution in [2.24, 2.45) is 5.92 Å². The van der Waals surface area contributed by atoms with E-state index in [1.807, 2.05) is 31.2 Å². The summed E-state index contributed by atoms with van der Waals surface area (Å²) >= 11 is 0. The van der Waals surface area contributed by atoms with E-state index in [0.717, 1.165) is 17.8 Å². The molecule has 1 aliphatic rings. The Kier molecular flexibility index (Phi) is 9.52. The third-order valence-electron chi connectivity index (χ3n) is 7.22. The fourth-order valence-electron chi connectivity index (χ4n) is 4.60. The molecule has 1 aliphatic heterocycles. The molecule has 1 unspecified atom stereocenters. The third-order valence-corrected chi connectivity index (χ3v) is 7.22. The average Bonchev–Trinajstić information content (AvgIpc) is 3.00. The highest BCUT2D eigenvalue weighted by Crippen LogP contribution is 2.32. The van der Waals surface area contributed by atoms with E-state index >= 15 is 0 Å². The molecule has 1 saturated heterocycles. The van der Waals surface area contributed by atoms with Crippen LogP contribution < -0.4 is 14.4 Å². The number of piperazine rings is 1. The average molecular weight is 550 g/mol. The van der Waals surface area contributed by atoms with Gasteiger partial charge in [0.1, 0.15) is 23.9 Å². The van der Waals surface area contributed by atoms with E-state index in [4.69, 9.17) is 9.47 Å². The van der Waals surface area contributed by atoms with Gasteiger partial charge in [0.2, 0.25) is 5.91 Å². The summed E-state index contributed by atoms with van der Waals surface area (Å²) in [6, 6.07) is 14.8. The van der Waals surface area contributed by atoms with Crippen molar-refractivity contribution in [1.82, 2.24) is 20.0 Å². The van der Waals surface area contributed by atoms with Crippen LogP contribution >= 0.6 is 0 Å². The van der Waals surface area contributed by atoms with Crippen LogP contribution in [-0.4, -0.2) is 85.3 Å². The van der Waals surface area contributed by atoms with Gasteiger partial charge in [0, 0.05) is 49.9 Å². The topological polar surface area (TPSA) is 88.1 Å². The molecule has 0 aliphatic carbocycles. The number of nitrogens with zero attached hydrogens (tertiary/aromatic N) is 5. The van der Waals surface area contributed by atoms with Gasteiger partial charge < -0.3 is 24.2 Å². The van der Waals surface area contributed by atoms with Crippen LogP contribution in [0.3, 0.4) is 0 Å². The maximum absolute atomic E-state index is 13.4. The maximum atomic E-state index is 13.4. The van der Waals surface area contributed by atoms with Crippen LogP contribution in [0.25, 0.3) is 11.3 Å². The van der Waals surface area contributed by atoms with Crippen molar-refractivity contribution in [2.45, 2.75) is 20.3 Å². The van der Waals surface area contributed by atoms with Crippen molar-refractivity contribution in [3.05, 3.63) is 66.0 Å². The van der Waals surface area contributed by atoms with Gasteiger partial charge in [0.15, 0.2) is 5.82 Å². The maximum Gasteiger partial charge on any atom is 0.254 e. The van der Waals surface area contributed by atoms with Gasteiger partial charge in [0.25, 0.3) is 5.91 Å². The minimum atomic E-state index is -0.404. The van der Waals surface area contributed by atoms with Crippen molar-refractivity contribution in [2.75, 3.05) is 58.4 Å². The predicted molar refractivity (Wildman–Crippen MR) is 151 cm³/mol. The summed E-state index contributed by atoms with van der Waals surface area (Å²) < 4.78 is 24.1. The monoisotopic (exact) mass is 549 g/mol. The molecule has 0 N–H and O–H groups in total. The lowest BCUT2D eigenvalue weighted by molar-refractivity contribution is -0.132. The van der Waals surface area contributed by atoms with Crippen LogP contribution in [0.5, 0.6) is 11.5 Å². The molecule has 2 amide bonds. The Bertz CT molecular complexity index is 1290. The van der Waals surface area contributed by atoms with Crippen LogP contribution in [0.1, 0.15) is 30.6 Å². The first-order valence-electron chi connectivity index (χ1n) is 13.5. The van der Waals surface area contributed by atoms with E-state index in [0.29, 0.717) is 55.5 Å². The molecule has 212 valence electrons. The van der Waals surface area contributed by atoms with E-state index < -0.39 is 5.82 Å². The summed E-state index contributed by atoms with van der Waals surface area (Å²) in [7, 11) is 3.20. The quantitative estimate of drug-likeness (QED) is 0.376. The number of methoxy groups -OCH3 is 2. The number of carbonyl (C=O) groups is 2. The van der Waals surface area contributed by atoms with E-state index in [1.54, 1.807) is 30.1 Å². The zero-order chi connectivity index (χ0) is 28.6. The lowest BCUT2D eigenvalue weighted by Crippen LogP contribution is -2.52. The number of anilines is 1. The van der Waals surface area contributed by atoms with Crippen molar-refractivity contribution >= 4 is 17.6 Å². The lowest BCUT2D eigenvalue weighted by Gasteiger charge is -2.36. The summed E-state index contributed by atoms with van der Waals surface area (Å²) in [5, 5.41) is 8.84. The first-order valence-corrected chi connectivity index (χ1v) is 13.5. The molecular formula is C30H36FN5O4.